The van der Waals surface area contributed by atoms with Gasteiger partial charge in [-0.1, -0.05) is 30.3 Å². The van der Waals surface area contributed by atoms with Crippen molar-refractivity contribution in [2.24, 2.45) is 5.92 Å². The molecule has 1 fully saturated rings. The van der Waals surface area contributed by atoms with Crippen molar-refractivity contribution in [1.82, 2.24) is 15.2 Å². The standard InChI is InChI=1S/C14H17FN4O2S/c1-19(22(20,21)9-10-7-12(15)8-10)14-16-13(17-18-14)11-5-3-2-4-6-11/h2-6,10,12H,7-9H2,1H3,(H,16,17,18). The van der Waals surface area contributed by atoms with Crippen LogP contribution >= 0.6 is 0 Å². The molecule has 6 nitrogen and oxygen atoms in total. The lowest BCUT2D eigenvalue weighted by Crippen LogP contribution is -2.37. The maximum Gasteiger partial charge on any atom is 0.258 e. The van der Waals surface area contributed by atoms with Crippen molar-refractivity contribution in [2.75, 3.05) is 17.1 Å². The number of anilines is 1. The Morgan fingerprint density at radius 3 is 2.64 bits per heavy atom. The van der Waals surface area contributed by atoms with Crippen molar-refractivity contribution in [3.63, 3.8) is 0 Å². The second kappa shape index (κ2) is 5.68. The molecular formula is C14H17FN4O2S. The number of aromatic nitrogens is 3. The first-order valence-electron chi connectivity index (χ1n) is 7.04. The van der Waals surface area contributed by atoms with Gasteiger partial charge >= 0.3 is 0 Å². The molecule has 1 aromatic carbocycles. The molecule has 3 rings (SSSR count). The fraction of sp³-hybridized carbons (Fsp3) is 0.429. The highest BCUT2D eigenvalue weighted by atomic mass is 32.2. The predicted molar refractivity (Wildman–Crippen MR) is 81.6 cm³/mol. The van der Waals surface area contributed by atoms with Gasteiger partial charge in [0, 0.05) is 12.6 Å². The minimum atomic E-state index is -3.54. The van der Waals surface area contributed by atoms with E-state index in [2.05, 4.69) is 15.2 Å². The quantitative estimate of drug-likeness (QED) is 0.912. The summed E-state index contributed by atoms with van der Waals surface area (Å²) in [5.41, 5.74) is 0.825. The van der Waals surface area contributed by atoms with Crippen LogP contribution in [0.5, 0.6) is 0 Å². The van der Waals surface area contributed by atoms with Crippen molar-refractivity contribution >= 4 is 16.0 Å². The largest absolute Gasteiger partial charge is 0.258 e. The molecule has 0 aliphatic heterocycles. The van der Waals surface area contributed by atoms with Gasteiger partial charge in [0.15, 0.2) is 5.82 Å². The molecule has 0 bridgehead atoms. The van der Waals surface area contributed by atoms with Gasteiger partial charge in [-0.3, -0.25) is 5.10 Å². The summed E-state index contributed by atoms with van der Waals surface area (Å²) in [4.78, 5) is 4.22. The lowest BCUT2D eigenvalue weighted by atomic mass is 9.85. The maximum absolute atomic E-state index is 12.8. The third-order valence-electron chi connectivity index (χ3n) is 3.84. The summed E-state index contributed by atoms with van der Waals surface area (Å²) in [7, 11) is -2.13. The van der Waals surface area contributed by atoms with E-state index in [4.69, 9.17) is 0 Å². The van der Waals surface area contributed by atoms with Crippen LogP contribution in [-0.4, -0.2) is 42.6 Å². The number of hydrogen-bond acceptors (Lipinski definition) is 4. The van der Waals surface area contributed by atoms with Gasteiger partial charge in [-0.05, 0) is 18.8 Å². The highest BCUT2D eigenvalue weighted by molar-refractivity contribution is 7.92. The summed E-state index contributed by atoms with van der Waals surface area (Å²) < 4.78 is 38.5. The SMILES string of the molecule is CN(c1n[nH]c(-c2ccccc2)n1)S(=O)(=O)CC1CC(F)C1. The zero-order chi connectivity index (χ0) is 15.7. The van der Waals surface area contributed by atoms with Crippen LogP contribution in [0.2, 0.25) is 0 Å². The van der Waals surface area contributed by atoms with Crippen LogP contribution < -0.4 is 4.31 Å². The zero-order valence-electron chi connectivity index (χ0n) is 12.1. The van der Waals surface area contributed by atoms with Gasteiger partial charge in [0.05, 0.1) is 5.75 Å². The minimum Gasteiger partial charge on any atom is -0.257 e. The van der Waals surface area contributed by atoms with E-state index in [0.29, 0.717) is 18.7 Å². The molecule has 118 valence electrons. The number of hydrogen-bond donors (Lipinski definition) is 1. The highest BCUT2D eigenvalue weighted by Crippen LogP contribution is 2.32. The van der Waals surface area contributed by atoms with Gasteiger partial charge in [0.1, 0.15) is 6.17 Å². The molecular weight excluding hydrogens is 307 g/mol. The molecule has 22 heavy (non-hydrogen) atoms. The molecule has 1 heterocycles. The van der Waals surface area contributed by atoms with Gasteiger partial charge in [-0.25, -0.2) is 17.1 Å². The van der Waals surface area contributed by atoms with E-state index in [1.807, 2.05) is 30.3 Å². The van der Waals surface area contributed by atoms with Crippen molar-refractivity contribution in [1.29, 1.82) is 0 Å². The molecule has 0 spiro atoms. The Morgan fingerprint density at radius 1 is 1.32 bits per heavy atom. The highest BCUT2D eigenvalue weighted by Gasteiger charge is 2.35. The van der Waals surface area contributed by atoms with Crippen LogP contribution in [0, 0.1) is 5.92 Å². The number of nitrogens with zero attached hydrogens (tertiary/aromatic N) is 3. The Labute approximate surface area is 128 Å². The predicted octanol–water partition coefficient (Wildman–Crippen LogP) is 1.99. The average Bonchev–Trinajstić information content (AvgIpc) is 2.95. The van der Waals surface area contributed by atoms with Crippen LogP contribution in [0.4, 0.5) is 10.3 Å². The Morgan fingerprint density at radius 2 is 2.00 bits per heavy atom. The van der Waals surface area contributed by atoms with Crippen LogP contribution in [0.15, 0.2) is 30.3 Å². The molecule has 1 aromatic heterocycles. The van der Waals surface area contributed by atoms with Crippen molar-refractivity contribution < 1.29 is 12.8 Å². The number of alkyl halides is 1. The van der Waals surface area contributed by atoms with Crippen molar-refractivity contribution in [3.05, 3.63) is 30.3 Å². The van der Waals surface area contributed by atoms with E-state index in [1.165, 1.54) is 7.05 Å². The minimum absolute atomic E-state index is 0.0703. The smallest absolute Gasteiger partial charge is 0.257 e. The summed E-state index contributed by atoms with van der Waals surface area (Å²) in [6.07, 6.45) is -0.231. The van der Waals surface area contributed by atoms with Gasteiger partial charge in [0.25, 0.3) is 5.95 Å². The van der Waals surface area contributed by atoms with Crippen LogP contribution in [0.25, 0.3) is 11.4 Å². The van der Waals surface area contributed by atoms with Crippen LogP contribution in [-0.2, 0) is 10.0 Å². The molecule has 0 atom stereocenters. The second-order valence-corrected chi connectivity index (χ2v) is 7.58. The maximum atomic E-state index is 12.8. The number of aromatic amines is 1. The Hall–Kier alpha value is -1.96. The first-order valence-corrected chi connectivity index (χ1v) is 8.65. The summed E-state index contributed by atoms with van der Waals surface area (Å²) in [6.45, 7) is 0. The Kier molecular flexibility index (Phi) is 3.86. The summed E-state index contributed by atoms with van der Waals surface area (Å²) in [5.74, 6) is 0.411. The zero-order valence-corrected chi connectivity index (χ0v) is 12.9. The fourth-order valence-corrected chi connectivity index (χ4v) is 3.87. The van der Waals surface area contributed by atoms with E-state index in [0.717, 1.165) is 9.87 Å². The Bertz CT molecular complexity index is 741. The molecule has 1 saturated carbocycles. The molecule has 0 amide bonds. The number of rotatable bonds is 5. The third-order valence-corrected chi connectivity index (χ3v) is 5.73. The molecule has 1 aliphatic rings. The van der Waals surface area contributed by atoms with E-state index >= 15 is 0 Å². The first kappa shape index (κ1) is 15.0. The lowest BCUT2D eigenvalue weighted by molar-refractivity contribution is 0.146. The topological polar surface area (TPSA) is 79.0 Å². The molecule has 0 unspecified atom stereocenters. The molecule has 8 heteroatoms. The van der Waals surface area contributed by atoms with Crippen molar-refractivity contribution in [3.8, 4) is 11.4 Å². The number of benzene rings is 1. The van der Waals surface area contributed by atoms with Gasteiger partial charge < -0.3 is 0 Å². The third kappa shape index (κ3) is 2.96. The van der Waals surface area contributed by atoms with Crippen LogP contribution in [0.3, 0.4) is 0 Å². The van der Waals surface area contributed by atoms with E-state index in [9.17, 15) is 12.8 Å². The molecule has 1 N–H and O–H groups in total. The van der Waals surface area contributed by atoms with Gasteiger partial charge in [-0.15, -0.1) is 5.10 Å². The van der Waals surface area contributed by atoms with E-state index < -0.39 is 16.2 Å². The Balaban J connectivity index is 1.75. The molecule has 1 aliphatic carbocycles. The lowest BCUT2D eigenvalue weighted by Gasteiger charge is -2.30. The number of H-pyrrole nitrogens is 1. The number of sulfonamides is 1. The van der Waals surface area contributed by atoms with Gasteiger partial charge in [-0.2, -0.15) is 4.98 Å². The first-order chi connectivity index (χ1) is 10.5. The molecule has 2 aromatic rings. The molecule has 0 saturated heterocycles. The normalized spacial score (nSPS) is 21.4. The summed E-state index contributed by atoms with van der Waals surface area (Å²) in [6, 6.07) is 9.32. The molecule has 0 radical (unpaired) electrons. The van der Waals surface area contributed by atoms with Gasteiger partial charge in [0.2, 0.25) is 10.0 Å². The van der Waals surface area contributed by atoms with E-state index in [1.54, 1.807) is 0 Å². The average molecular weight is 324 g/mol. The summed E-state index contributed by atoms with van der Waals surface area (Å²) >= 11 is 0. The number of halogens is 1. The second-order valence-electron chi connectivity index (χ2n) is 5.53. The fourth-order valence-electron chi connectivity index (χ4n) is 2.44. The van der Waals surface area contributed by atoms with Crippen LogP contribution in [0.1, 0.15) is 12.8 Å². The summed E-state index contributed by atoms with van der Waals surface area (Å²) in [5, 5.41) is 6.70. The van der Waals surface area contributed by atoms with Crippen molar-refractivity contribution in [2.45, 2.75) is 19.0 Å². The number of nitrogens with one attached hydrogen (secondary N) is 1. The van der Waals surface area contributed by atoms with E-state index in [-0.39, 0.29) is 17.6 Å². The monoisotopic (exact) mass is 324 g/mol.